The van der Waals surface area contributed by atoms with Crippen LogP contribution in [0.25, 0.3) is 0 Å². The lowest BCUT2D eigenvalue weighted by Crippen LogP contribution is -2.58. The molecule has 44 heavy (non-hydrogen) atoms. The number of hydrogen-bond donors (Lipinski definition) is 11. The molecule has 29 heteroatoms. The van der Waals surface area contributed by atoms with E-state index in [0.717, 1.165) is 12.3 Å². The molecule has 254 valence electrons. The Morgan fingerprint density at radius 3 is 1.86 bits per heavy atom. The summed E-state index contributed by atoms with van der Waals surface area (Å²) in [6.07, 6.45) is -16.8. The summed E-state index contributed by atoms with van der Waals surface area (Å²) in [4.78, 5) is 63.7. The van der Waals surface area contributed by atoms with Crippen LogP contribution in [0.5, 0.6) is 0 Å². The number of aromatic amines is 1. The Balaban J connectivity index is 1.59. The second-order valence-corrected chi connectivity index (χ2v) is 15.0. The molecule has 25 nitrogen and oxygen atoms in total. The minimum absolute atomic E-state index is 0.639. The molecule has 2 aliphatic heterocycles. The lowest BCUT2D eigenvalue weighted by Gasteiger charge is -2.39. The molecule has 0 spiro atoms. The summed E-state index contributed by atoms with van der Waals surface area (Å²) in [5, 5.41) is 58.5. The van der Waals surface area contributed by atoms with Crippen LogP contribution in [0.2, 0.25) is 0 Å². The van der Waals surface area contributed by atoms with Gasteiger partial charge in [-0.15, -0.1) is 0 Å². The van der Waals surface area contributed by atoms with E-state index >= 15 is 0 Å². The number of phosphoric ester groups is 2. The fourth-order valence-corrected chi connectivity index (χ4v) is 8.66. The maximum atomic E-state index is 12.2. The van der Waals surface area contributed by atoms with Gasteiger partial charge in [0.1, 0.15) is 42.7 Å². The predicted octanol–water partition coefficient (Wildman–Crippen LogP) is -4.56. The summed E-state index contributed by atoms with van der Waals surface area (Å²) in [6, 6.07) is 0.864. The summed E-state index contributed by atoms with van der Waals surface area (Å²) >= 11 is 0. The number of rotatable bonds is 13. The van der Waals surface area contributed by atoms with E-state index in [1.165, 1.54) is 0 Å². The predicted molar refractivity (Wildman–Crippen MR) is 131 cm³/mol. The van der Waals surface area contributed by atoms with E-state index < -0.39 is 111 Å². The van der Waals surface area contributed by atoms with Crippen molar-refractivity contribution in [2.75, 3.05) is 13.2 Å². The van der Waals surface area contributed by atoms with Gasteiger partial charge < -0.3 is 59.7 Å². The number of hydrogen-bond acceptors (Lipinski definition) is 19. The van der Waals surface area contributed by atoms with Crippen LogP contribution in [0.1, 0.15) is 6.23 Å². The Morgan fingerprint density at radius 1 is 0.750 bits per heavy atom. The molecule has 2 saturated heterocycles. The lowest BCUT2D eigenvalue weighted by molar-refractivity contribution is -0.280. The highest BCUT2D eigenvalue weighted by molar-refractivity contribution is 7.69. The van der Waals surface area contributed by atoms with Gasteiger partial charge in [-0.2, -0.15) is 12.9 Å². The van der Waals surface area contributed by atoms with Crippen molar-refractivity contribution in [3.8, 4) is 0 Å². The molecule has 0 radical (unpaired) electrons. The second-order valence-electron chi connectivity index (χ2n) is 8.78. The zero-order valence-corrected chi connectivity index (χ0v) is 24.9. The van der Waals surface area contributed by atoms with Crippen LogP contribution in [-0.2, 0) is 49.7 Å². The molecule has 0 aromatic carbocycles. The number of aromatic nitrogens is 2. The number of ether oxygens (including phenoxy) is 2. The first kappa shape index (κ1) is 37.4. The highest BCUT2D eigenvalue weighted by Crippen LogP contribution is 2.71. The van der Waals surface area contributed by atoms with Crippen molar-refractivity contribution in [1.82, 2.24) is 9.55 Å². The first-order valence-corrected chi connectivity index (χ1v) is 17.5. The molecule has 13 atom stereocenters. The zero-order chi connectivity index (χ0) is 33.4. The monoisotopic (exact) mass is 726 g/mol. The molecular weight excluding hydrogens is 700 g/mol. The summed E-state index contributed by atoms with van der Waals surface area (Å²) < 4.78 is 78.7. The third-order valence-electron chi connectivity index (χ3n) is 5.57. The molecule has 1 aromatic heterocycles. The van der Waals surface area contributed by atoms with Crippen LogP contribution in [0, 0.1) is 0 Å². The Kier molecular flexibility index (Phi) is 11.9. The van der Waals surface area contributed by atoms with E-state index in [2.05, 4.69) is 22.0 Å². The van der Waals surface area contributed by atoms with Crippen LogP contribution in [-0.4, -0.2) is 122 Å². The second kappa shape index (κ2) is 14.0. The molecule has 2 fully saturated rings. The van der Waals surface area contributed by atoms with Crippen molar-refractivity contribution in [3.63, 3.8) is 0 Å². The number of H-pyrrole nitrogens is 1. The molecule has 3 rings (SSSR count). The zero-order valence-electron chi connectivity index (χ0n) is 21.3. The van der Waals surface area contributed by atoms with Crippen LogP contribution in [0.3, 0.4) is 0 Å². The van der Waals surface area contributed by atoms with E-state index in [0.29, 0.717) is 4.57 Å². The lowest BCUT2D eigenvalue weighted by atomic mass is 10.00. The van der Waals surface area contributed by atoms with Crippen molar-refractivity contribution in [2.24, 2.45) is 0 Å². The van der Waals surface area contributed by atoms with Gasteiger partial charge in [0.2, 0.25) is 0 Å². The highest BCUT2D eigenvalue weighted by atomic mass is 31.3. The first-order chi connectivity index (χ1) is 20.1. The van der Waals surface area contributed by atoms with Gasteiger partial charge in [-0.1, -0.05) is 0 Å². The quantitative estimate of drug-likeness (QED) is 0.0852. The van der Waals surface area contributed by atoms with Crippen molar-refractivity contribution < 1.29 is 99.9 Å². The molecule has 0 amide bonds. The van der Waals surface area contributed by atoms with E-state index in [1.807, 2.05) is 4.98 Å². The van der Waals surface area contributed by atoms with Gasteiger partial charge in [0, 0.05) is 12.3 Å². The molecular formula is C15H26N2O23P4. The molecule has 11 N–H and O–H groups in total. The largest absolute Gasteiger partial charge is 0.490 e. The molecule has 3 heterocycles. The number of aliphatic hydroxyl groups is 6. The summed E-state index contributed by atoms with van der Waals surface area (Å²) in [6.45, 7) is -2.23. The van der Waals surface area contributed by atoms with Crippen molar-refractivity contribution >= 4 is 31.3 Å². The fraction of sp³-hybridized carbons (Fsp3) is 0.733. The minimum Gasteiger partial charge on any atom is -0.394 e. The van der Waals surface area contributed by atoms with E-state index in [1.54, 1.807) is 0 Å². The maximum absolute atomic E-state index is 12.2. The van der Waals surface area contributed by atoms with Gasteiger partial charge in [0.25, 0.3) is 5.56 Å². The summed E-state index contributed by atoms with van der Waals surface area (Å²) in [5.74, 6) is 0. The van der Waals surface area contributed by atoms with Gasteiger partial charge in [-0.3, -0.25) is 23.4 Å². The smallest absolute Gasteiger partial charge is 0.394 e. The Labute approximate surface area is 242 Å². The van der Waals surface area contributed by atoms with Gasteiger partial charge in [-0.25, -0.2) is 23.1 Å². The third-order valence-corrected chi connectivity index (χ3v) is 11.5. The molecule has 2 aliphatic rings. The fourth-order valence-electron chi connectivity index (χ4n) is 3.64. The molecule has 1 aromatic rings. The van der Waals surface area contributed by atoms with Crippen molar-refractivity contribution in [3.05, 3.63) is 33.1 Å². The first-order valence-electron chi connectivity index (χ1n) is 11.5. The van der Waals surface area contributed by atoms with Crippen LogP contribution in [0.4, 0.5) is 0 Å². The van der Waals surface area contributed by atoms with E-state index in [4.69, 9.17) is 14.6 Å². The molecule has 0 saturated carbocycles. The van der Waals surface area contributed by atoms with Crippen molar-refractivity contribution in [2.45, 2.75) is 55.2 Å². The van der Waals surface area contributed by atoms with Crippen LogP contribution in [0.15, 0.2) is 21.9 Å². The van der Waals surface area contributed by atoms with E-state index in [-0.39, 0.29) is 0 Å². The summed E-state index contributed by atoms with van der Waals surface area (Å²) in [7, 11) is -24.3. The van der Waals surface area contributed by atoms with Crippen LogP contribution < -0.4 is 11.2 Å². The van der Waals surface area contributed by atoms with Crippen LogP contribution >= 0.6 is 31.3 Å². The Bertz CT molecular complexity index is 1480. The topological polar surface area (TPSA) is 390 Å². The summed E-state index contributed by atoms with van der Waals surface area (Å²) in [5.41, 5.74) is -1.89. The normalized spacial score (nSPS) is 36.5. The van der Waals surface area contributed by atoms with E-state index in [9.17, 15) is 73.0 Å². The maximum Gasteiger partial charge on any atom is 0.490 e. The minimum atomic E-state index is -6.28. The Morgan fingerprint density at radius 2 is 1.30 bits per heavy atom. The molecule has 5 unspecified atom stereocenters. The number of nitrogens with one attached hydrogen (secondary N) is 1. The number of phosphoric acid groups is 4. The number of nitrogens with zero attached hydrogens (tertiary/aromatic N) is 1. The Hall–Kier alpha value is -1.08. The van der Waals surface area contributed by atoms with Gasteiger partial charge in [0.15, 0.2) is 12.5 Å². The van der Waals surface area contributed by atoms with Crippen molar-refractivity contribution in [1.29, 1.82) is 0 Å². The molecule has 0 bridgehead atoms. The standard InChI is InChI=1S/C15H26N2O23P4/c18-3-5-8(20)10(22)12(24)14(36-5)37-42(28,29)39-44(32,33)40-43(30,31)38-41(26,27)34-4-6-9(21)11(23)13(35-6)17-2-1-7(19)16-15(17)25/h1-2,5-6,8-14,18,20-24H,3-4H2,(H,26,27)(H,28,29)(H,30,31)(H,32,33)(H,16,19,25)/t5-,6-,8-,9-,10+,11-,12-,13-,14?/m1/s1. The SMILES string of the molecule is O=c1ccn([C@@H]2O[C@H](COP(=O)(O)OP(=O)(O)OP(=O)(O)OP(=O)(O)OC3O[C@H](CO)[C@@H](O)[C@H](O)[C@H]3O)[C@@H](O)[C@H]2O)c(=O)[nH]1. The average molecular weight is 726 g/mol. The average Bonchev–Trinajstić information content (AvgIpc) is 3.14. The van der Waals surface area contributed by atoms with Gasteiger partial charge in [0.05, 0.1) is 13.2 Å². The van der Waals surface area contributed by atoms with Gasteiger partial charge in [-0.05, 0) is 0 Å². The highest BCUT2D eigenvalue weighted by Gasteiger charge is 2.51. The number of aliphatic hydroxyl groups excluding tert-OH is 6. The third kappa shape index (κ3) is 9.48. The van der Waals surface area contributed by atoms with Gasteiger partial charge >= 0.3 is 37.0 Å². The molecule has 0 aliphatic carbocycles.